The summed E-state index contributed by atoms with van der Waals surface area (Å²) >= 11 is 0. The van der Waals surface area contributed by atoms with Gasteiger partial charge in [-0.05, 0) is 51.9 Å². The molecule has 0 saturated carbocycles. The van der Waals surface area contributed by atoms with Gasteiger partial charge in [0.15, 0.2) is 0 Å². The standard InChI is InChI=1S/C38H40N2O7/c41-36(39-31-12-2-1-3-13-31)18-19-43-20-21-44-22-23-45-24-25-46-26-27-47-35-17-9-8-16-34(35)40-38(42)37-32-14-6-4-10-29(32)28-30-11-5-7-15-33(30)37/h1-17,28H,18-27H2,(H,39,41)(H,40,42). The highest BCUT2D eigenvalue weighted by Crippen LogP contribution is 2.31. The third kappa shape index (κ3) is 10.4. The van der Waals surface area contributed by atoms with Crippen LogP contribution in [0.25, 0.3) is 21.5 Å². The number of para-hydroxylation sites is 3. The van der Waals surface area contributed by atoms with E-state index in [4.69, 9.17) is 23.7 Å². The van der Waals surface area contributed by atoms with Crippen molar-refractivity contribution in [2.75, 3.05) is 70.1 Å². The molecule has 0 saturated heterocycles. The SMILES string of the molecule is O=C(CCOCCOCCOCCOCCOc1ccccc1NC(=O)c1c2ccccc2cc2ccccc12)Nc1ccccc1. The number of carbonyl (C=O) groups excluding carboxylic acids is 2. The van der Waals surface area contributed by atoms with Gasteiger partial charge in [-0.3, -0.25) is 9.59 Å². The number of rotatable bonds is 19. The summed E-state index contributed by atoms with van der Waals surface area (Å²) < 4.78 is 28.1. The Balaban J connectivity index is 0.929. The first-order chi connectivity index (χ1) is 23.2. The van der Waals surface area contributed by atoms with Gasteiger partial charge in [-0.15, -0.1) is 0 Å². The maximum atomic E-state index is 13.6. The Labute approximate surface area is 274 Å². The Bertz CT molecular complexity index is 1670. The lowest BCUT2D eigenvalue weighted by molar-refractivity contribution is -0.117. The fourth-order valence-corrected chi connectivity index (χ4v) is 5.02. The van der Waals surface area contributed by atoms with E-state index in [0.717, 1.165) is 27.2 Å². The third-order valence-corrected chi connectivity index (χ3v) is 7.27. The Morgan fingerprint density at radius 1 is 0.511 bits per heavy atom. The number of benzene rings is 5. The average Bonchev–Trinajstić information content (AvgIpc) is 3.10. The number of ether oxygens (including phenoxy) is 5. The summed E-state index contributed by atoms with van der Waals surface area (Å²) in [6.07, 6.45) is 0.287. The first-order valence-electron chi connectivity index (χ1n) is 15.8. The van der Waals surface area contributed by atoms with Crippen LogP contribution in [0.15, 0.2) is 109 Å². The highest BCUT2D eigenvalue weighted by Gasteiger charge is 2.16. The molecule has 0 heterocycles. The van der Waals surface area contributed by atoms with Crippen LogP contribution in [0.4, 0.5) is 11.4 Å². The predicted molar refractivity (Wildman–Crippen MR) is 184 cm³/mol. The van der Waals surface area contributed by atoms with Crippen LogP contribution in [0.1, 0.15) is 16.8 Å². The maximum absolute atomic E-state index is 13.6. The number of hydrogen-bond donors (Lipinski definition) is 2. The van der Waals surface area contributed by atoms with Gasteiger partial charge in [0.25, 0.3) is 5.91 Å². The van der Waals surface area contributed by atoms with Gasteiger partial charge in [0, 0.05) is 5.69 Å². The van der Waals surface area contributed by atoms with Crippen molar-refractivity contribution in [3.05, 3.63) is 115 Å². The summed E-state index contributed by atoms with van der Waals surface area (Å²) in [7, 11) is 0. The molecule has 2 amide bonds. The van der Waals surface area contributed by atoms with E-state index in [1.165, 1.54) is 0 Å². The zero-order valence-electron chi connectivity index (χ0n) is 26.3. The van der Waals surface area contributed by atoms with Crippen molar-refractivity contribution in [3.63, 3.8) is 0 Å². The molecule has 0 aromatic heterocycles. The van der Waals surface area contributed by atoms with Crippen molar-refractivity contribution < 1.29 is 33.3 Å². The molecular formula is C38H40N2O7. The molecule has 9 heteroatoms. The highest BCUT2D eigenvalue weighted by molar-refractivity contribution is 6.22. The van der Waals surface area contributed by atoms with E-state index in [1.54, 1.807) is 0 Å². The average molecular weight is 637 g/mol. The molecule has 47 heavy (non-hydrogen) atoms. The number of hydrogen-bond acceptors (Lipinski definition) is 7. The van der Waals surface area contributed by atoms with Gasteiger partial charge >= 0.3 is 0 Å². The van der Waals surface area contributed by atoms with Crippen molar-refractivity contribution in [3.8, 4) is 5.75 Å². The van der Waals surface area contributed by atoms with Crippen LogP contribution < -0.4 is 15.4 Å². The molecule has 0 unspecified atom stereocenters. The summed E-state index contributed by atoms with van der Waals surface area (Å²) in [5.74, 6) is 0.295. The van der Waals surface area contributed by atoms with Gasteiger partial charge in [0.1, 0.15) is 12.4 Å². The van der Waals surface area contributed by atoms with E-state index in [-0.39, 0.29) is 18.2 Å². The van der Waals surface area contributed by atoms with E-state index >= 15 is 0 Å². The molecular weight excluding hydrogens is 596 g/mol. The van der Waals surface area contributed by atoms with Crippen molar-refractivity contribution >= 4 is 44.7 Å². The summed E-state index contributed by atoms with van der Waals surface area (Å²) in [6, 6.07) is 34.7. The Morgan fingerprint density at radius 2 is 1.02 bits per heavy atom. The van der Waals surface area contributed by atoms with Crippen molar-refractivity contribution in [2.24, 2.45) is 0 Å². The van der Waals surface area contributed by atoms with Gasteiger partial charge in [-0.25, -0.2) is 0 Å². The molecule has 0 atom stereocenters. The lowest BCUT2D eigenvalue weighted by Crippen LogP contribution is -2.16. The van der Waals surface area contributed by atoms with E-state index < -0.39 is 0 Å². The van der Waals surface area contributed by atoms with E-state index in [0.29, 0.717) is 76.5 Å². The van der Waals surface area contributed by atoms with Crippen LogP contribution in [0.5, 0.6) is 5.75 Å². The second kappa shape index (κ2) is 18.4. The lowest BCUT2D eigenvalue weighted by Gasteiger charge is -2.15. The zero-order valence-corrected chi connectivity index (χ0v) is 26.3. The Kier molecular flexibility index (Phi) is 13.1. The van der Waals surface area contributed by atoms with Crippen molar-refractivity contribution in [1.29, 1.82) is 0 Å². The predicted octanol–water partition coefficient (Wildman–Crippen LogP) is 6.72. The van der Waals surface area contributed by atoms with Gasteiger partial charge in [0.05, 0.1) is 70.5 Å². The summed E-state index contributed by atoms with van der Waals surface area (Å²) in [6.45, 7) is 3.61. The van der Waals surface area contributed by atoms with Crippen molar-refractivity contribution in [2.45, 2.75) is 6.42 Å². The first-order valence-corrected chi connectivity index (χ1v) is 15.8. The summed E-state index contributed by atoms with van der Waals surface area (Å²) in [5.41, 5.74) is 2.00. The van der Waals surface area contributed by atoms with Crippen LogP contribution in [0.2, 0.25) is 0 Å². The minimum absolute atomic E-state index is 0.0840. The third-order valence-electron chi connectivity index (χ3n) is 7.27. The van der Waals surface area contributed by atoms with Crippen LogP contribution in [-0.4, -0.2) is 71.3 Å². The lowest BCUT2D eigenvalue weighted by atomic mass is 9.96. The van der Waals surface area contributed by atoms with Crippen molar-refractivity contribution in [1.82, 2.24) is 0 Å². The van der Waals surface area contributed by atoms with Crippen LogP contribution >= 0.6 is 0 Å². The summed E-state index contributed by atoms with van der Waals surface area (Å²) in [4.78, 5) is 25.5. The highest BCUT2D eigenvalue weighted by atomic mass is 16.6. The molecule has 0 spiro atoms. The van der Waals surface area contributed by atoms with Gasteiger partial charge < -0.3 is 34.3 Å². The molecule has 0 aliphatic heterocycles. The molecule has 0 fully saturated rings. The van der Waals surface area contributed by atoms with E-state index in [1.807, 2.05) is 103 Å². The molecule has 244 valence electrons. The minimum Gasteiger partial charge on any atom is -0.489 e. The number of anilines is 2. The number of fused-ring (bicyclic) bond motifs is 2. The zero-order chi connectivity index (χ0) is 32.5. The van der Waals surface area contributed by atoms with E-state index in [9.17, 15) is 9.59 Å². The second-order valence-corrected chi connectivity index (χ2v) is 10.6. The van der Waals surface area contributed by atoms with Gasteiger partial charge in [-0.1, -0.05) is 78.9 Å². The molecule has 9 nitrogen and oxygen atoms in total. The smallest absolute Gasteiger partial charge is 0.257 e. The quantitative estimate of drug-likeness (QED) is 0.0766. The van der Waals surface area contributed by atoms with Crippen LogP contribution in [-0.2, 0) is 23.7 Å². The Hall–Kier alpha value is -4.80. The minimum atomic E-state index is -0.192. The topological polar surface area (TPSA) is 104 Å². The Morgan fingerprint density at radius 3 is 1.66 bits per heavy atom. The number of nitrogens with one attached hydrogen (secondary N) is 2. The molecule has 5 aromatic carbocycles. The fraction of sp³-hybridized carbons (Fsp3) is 0.263. The van der Waals surface area contributed by atoms with Crippen LogP contribution in [0, 0.1) is 0 Å². The molecule has 5 aromatic rings. The molecule has 0 bridgehead atoms. The number of amides is 2. The second-order valence-electron chi connectivity index (χ2n) is 10.6. The van der Waals surface area contributed by atoms with E-state index in [2.05, 4.69) is 16.7 Å². The monoisotopic (exact) mass is 636 g/mol. The van der Waals surface area contributed by atoms with Crippen LogP contribution in [0.3, 0.4) is 0 Å². The number of carbonyl (C=O) groups is 2. The molecule has 0 aliphatic rings. The van der Waals surface area contributed by atoms with Gasteiger partial charge in [0.2, 0.25) is 5.91 Å². The largest absolute Gasteiger partial charge is 0.489 e. The molecule has 5 rings (SSSR count). The summed E-state index contributed by atoms with van der Waals surface area (Å²) in [5, 5.41) is 9.71. The molecule has 2 N–H and O–H groups in total. The maximum Gasteiger partial charge on any atom is 0.257 e. The fourth-order valence-electron chi connectivity index (χ4n) is 5.02. The first kappa shape index (κ1) is 33.6. The molecule has 0 aliphatic carbocycles. The normalized spacial score (nSPS) is 11.1. The molecule has 0 radical (unpaired) electrons. The van der Waals surface area contributed by atoms with Gasteiger partial charge in [-0.2, -0.15) is 0 Å².